The first-order valence-corrected chi connectivity index (χ1v) is 8.67. The number of hydrogen-bond donors (Lipinski definition) is 1. The Morgan fingerprint density at radius 3 is 2.37 bits per heavy atom. The standard InChI is InChI=1S/C19H25FN4O3/c1-12(2)9-24-17(21)16(18(26)23(4)19(24)27)15(25)11-22(3)10-13-5-7-14(20)8-6-13/h5-8,12H,9-11,21H2,1-4H3. The number of likely N-dealkylation sites (N-methyl/N-ethyl adjacent to an activating group) is 1. The zero-order chi connectivity index (χ0) is 20.3. The SMILES string of the molecule is CC(C)Cn1c(N)c(C(=O)CN(C)Cc2ccc(F)cc2)c(=O)n(C)c1=O. The van der Waals surface area contributed by atoms with E-state index in [2.05, 4.69) is 0 Å². The van der Waals surface area contributed by atoms with Crippen molar-refractivity contribution in [1.29, 1.82) is 0 Å². The van der Waals surface area contributed by atoms with Crippen molar-refractivity contribution < 1.29 is 9.18 Å². The van der Waals surface area contributed by atoms with Crippen molar-refractivity contribution in [3.63, 3.8) is 0 Å². The number of ketones is 1. The van der Waals surface area contributed by atoms with Gasteiger partial charge >= 0.3 is 5.69 Å². The number of nitrogens with two attached hydrogens (primary N) is 1. The molecule has 2 aromatic rings. The van der Waals surface area contributed by atoms with Gasteiger partial charge in [0.2, 0.25) is 0 Å². The summed E-state index contributed by atoms with van der Waals surface area (Å²) in [5, 5.41) is 0. The third-order valence-electron chi connectivity index (χ3n) is 4.19. The molecule has 27 heavy (non-hydrogen) atoms. The Morgan fingerprint density at radius 1 is 1.22 bits per heavy atom. The van der Waals surface area contributed by atoms with Gasteiger partial charge in [-0.1, -0.05) is 26.0 Å². The smallest absolute Gasteiger partial charge is 0.332 e. The van der Waals surface area contributed by atoms with Gasteiger partial charge in [-0.15, -0.1) is 0 Å². The quantitative estimate of drug-likeness (QED) is 0.734. The maximum absolute atomic E-state index is 13.0. The predicted molar refractivity (Wildman–Crippen MR) is 102 cm³/mol. The summed E-state index contributed by atoms with van der Waals surface area (Å²) in [7, 11) is 3.05. The summed E-state index contributed by atoms with van der Waals surface area (Å²) in [6.07, 6.45) is 0. The molecule has 0 amide bonds. The number of carbonyl (C=O) groups excluding carboxylic acids is 1. The van der Waals surface area contributed by atoms with Crippen molar-refractivity contribution in [2.75, 3.05) is 19.3 Å². The molecule has 0 saturated heterocycles. The van der Waals surface area contributed by atoms with Gasteiger partial charge in [-0.3, -0.25) is 23.6 Å². The minimum atomic E-state index is -0.697. The number of rotatable bonds is 7. The molecule has 0 fully saturated rings. The van der Waals surface area contributed by atoms with E-state index in [4.69, 9.17) is 5.73 Å². The van der Waals surface area contributed by atoms with E-state index < -0.39 is 17.0 Å². The van der Waals surface area contributed by atoms with Crippen LogP contribution < -0.4 is 17.0 Å². The molecule has 1 aromatic carbocycles. The van der Waals surface area contributed by atoms with Crippen molar-refractivity contribution >= 4 is 11.6 Å². The highest BCUT2D eigenvalue weighted by atomic mass is 19.1. The van der Waals surface area contributed by atoms with Crippen LogP contribution in [0.15, 0.2) is 33.9 Å². The Balaban J connectivity index is 2.29. The molecule has 2 N–H and O–H groups in total. The van der Waals surface area contributed by atoms with Crippen LogP contribution in [0.4, 0.5) is 10.2 Å². The zero-order valence-electron chi connectivity index (χ0n) is 16.0. The fourth-order valence-electron chi connectivity index (χ4n) is 2.87. The number of hydrogen-bond acceptors (Lipinski definition) is 5. The molecule has 0 atom stereocenters. The van der Waals surface area contributed by atoms with Gasteiger partial charge in [0, 0.05) is 20.1 Å². The molecular formula is C19H25FN4O3. The van der Waals surface area contributed by atoms with Crippen molar-refractivity contribution in [3.05, 3.63) is 62.0 Å². The molecule has 0 spiro atoms. The zero-order valence-corrected chi connectivity index (χ0v) is 16.0. The summed E-state index contributed by atoms with van der Waals surface area (Å²) >= 11 is 0. The number of carbonyl (C=O) groups is 1. The normalized spacial score (nSPS) is 11.4. The average molecular weight is 376 g/mol. The van der Waals surface area contributed by atoms with Crippen LogP contribution in [0.2, 0.25) is 0 Å². The molecule has 0 bridgehead atoms. The lowest BCUT2D eigenvalue weighted by atomic mass is 10.1. The molecule has 146 valence electrons. The highest BCUT2D eigenvalue weighted by Gasteiger charge is 2.22. The maximum atomic E-state index is 13.0. The van der Waals surface area contributed by atoms with Crippen LogP contribution in [-0.2, 0) is 20.1 Å². The van der Waals surface area contributed by atoms with Crippen molar-refractivity contribution in [3.8, 4) is 0 Å². The second-order valence-corrected chi connectivity index (χ2v) is 7.13. The Kier molecular flexibility index (Phi) is 6.32. The molecule has 0 aliphatic rings. The number of Topliss-reactive ketones (excluding diaryl/α,β-unsaturated/α-hetero) is 1. The number of anilines is 1. The lowest BCUT2D eigenvalue weighted by Crippen LogP contribution is -2.44. The van der Waals surface area contributed by atoms with E-state index in [1.165, 1.54) is 23.7 Å². The summed E-state index contributed by atoms with van der Waals surface area (Å²) in [5.41, 5.74) is 5.43. The largest absolute Gasteiger partial charge is 0.384 e. The van der Waals surface area contributed by atoms with Gasteiger partial charge in [-0.25, -0.2) is 9.18 Å². The van der Waals surface area contributed by atoms with Crippen LogP contribution in [0.25, 0.3) is 0 Å². The lowest BCUT2D eigenvalue weighted by molar-refractivity contribution is 0.0941. The van der Waals surface area contributed by atoms with Crippen LogP contribution in [0, 0.1) is 11.7 Å². The molecule has 0 aliphatic heterocycles. The molecule has 2 rings (SSSR count). The lowest BCUT2D eigenvalue weighted by Gasteiger charge is -2.19. The highest BCUT2D eigenvalue weighted by Crippen LogP contribution is 2.11. The van der Waals surface area contributed by atoms with Gasteiger partial charge < -0.3 is 5.73 Å². The Labute approximate surface area is 156 Å². The first-order valence-electron chi connectivity index (χ1n) is 8.67. The highest BCUT2D eigenvalue weighted by molar-refractivity contribution is 6.01. The van der Waals surface area contributed by atoms with E-state index in [9.17, 15) is 18.8 Å². The maximum Gasteiger partial charge on any atom is 0.332 e. The number of halogens is 1. The number of benzene rings is 1. The van der Waals surface area contributed by atoms with E-state index in [-0.39, 0.29) is 29.7 Å². The minimum absolute atomic E-state index is 0.0588. The van der Waals surface area contributed by atoms with Crippen LogP contribution in [-0.4, -0.2) is 33.4 Å². The summed E-state index contributed by atoms with van der Waals surface area (Å²) in [5.74, 6) is -0.778. The first kappa shape index (κ1) is 20.6. The second-order valence-electron chi connectivity index (χ2n) is 7.13. The molecule has 7 nitrogen and oxygen atoms in total. The summed E-state index contributed by atoms with van der Waals surface area (Å²) in [4.78, 5) is 39.2. The third-order valence-corrected chi connectivity index (χ3v) is 4.19. The van der Waals surface area contributed by atoms with Crippen LogP contribution in [0.3, 0.4) is 0 Å². The molecule has 0 radical (unpaired) electrons. The fourth-order valence-corrected chi connectivity index (χ4v) is 2.87. The number of nitrogen functional groups attached to an aromatic ring is 1. The van der Waals surface area contributed by atoms with E-state index >= 15 is 0 Å². The molecule has 0 unspecified atom stereocenters. The molecule has 1 heterocycles. The van der Waals surface area contributed by atoms with Gasteiger partial charge in [0.05, 0.1) is 6.54 Å². The van der Waals surface area contributed by atoms with Crippen LogP contribution >= 0.6 is 0 Å². The molecule has 8 heteroatoms. The predicted octanol–water partition coefficient (Wildman–Crippen LogP) is 1.24. The van der Waals surface area contributed by atoms with E-state index in [1.54, 1.807) is 24.1 Å². The number of nitrogens with zero attached hydrogens (tertiary/aromatic N) is 3. The van der Waals surface area contributed by atoms with Gasteiger partial charge in [-0.2, -0.15) is 0 Å². The fraction of sp³-hybridized carbons (Fsp3) is 0.421. The first-order chi connectivity index (χ1) is 12.6. The summed E-state index contributed by atoms with van der Waals surface area (Å²) in [6.45, 7) is 4.48. The van der Waals surface area contributed by atoms with E-state index in [1.807, 2.05) is 13.8 Å². The van der Waals surface area contributed by atoms with Crippen LogP contribution in [0.1, 0.15) is 29.8 Å². The van der Waals surface area contributed by atoms with Crippen molar-refractivity contribution in [1.82, 2.24) is 14.0 Å². The topological polar surface area (TPSA) is 90.3 Å². The minimum Gasteiger partial charge on any atom is -0.384 e. The third kappa shape index (κ3) is 4.71. The molecular weight excluding hydrogens is 351 g/mol. The summed E-state index contributed by atoms with van der Waals surface area (Å²) < 4.78 is 15.2. The molecule has 0 aliphatic carbocycles. The van der Waals surface area contributed by atoms with E-state index in [0.717, 1.165) is 10.1 Å². The van der Waals surface area contributed by atoms with Crippen LogP contribution in [0.5, 0.6) is 0 Å². The molecule has 1 aromatic heterocycles. The molecule has 0 saturated carbocycles. The van der Waals surface area contributed by atoms with Crippen molar-refractivity contribution in [2.24, 2.45) is 13.0 Å². The summed E-state index contributed by atoms with van der Waals surface area (Å²) in [6, 6.07) is 5.96. The Bertz CT molecular complexity index is 945. The second kappa shape index (κ2) is 8.30. The monoisotopic (exact) mass is 376 g/mol. The van der Waals surface area contributed by atoms with Gasteiger partial charge in [0.15, 0.2) is 5.78 Å². The Hall–Kier alpha value is -2.74. The van der Waals surface area contributed by atoms with Gasteiger partial charge in [-0.05, 0) is 30.7 Å². The van der Waals surface area contributed by atoms with Gasteiger partial charge in [0.1, 0.15) is 17.2 Å². The van der Waals surface area contributed by atoms with Gasteiger partial charge in [0.25, 0.3) is 5.56 Å². The number of aromatic nitrogens is 2. The van der Waals surface area contributed by atoms with E-state index in [0.29, 0.717) is 13.1 Å². The Morgan fingerprint density at radius 2 is 1.81 bits per heavy atom. The van der Waals surface area contributed by atoms with Crippen molar-refractivity contribution in [2.45, 2.75) is 26.9 Å². The average Bonchev–Trinajstić information content (AvgIpc) is 2.59.